The Kier molecular flexibility index (Phi) is 7.22. The summed E-state index contributed by atoms with van der Waals surface area (Å²) < 4.78 is 13.0. The fraction of sp³-hybridized carbons (Fsp3) is 0.348. The molecule has 0 saturated carbocycles. The predicted molar refractivity (Wildman–Crippen MR) is 120 cm³/mol. The molecule has 2 heterocycles. The van der Waals surface area contributed by atoms with Crippen LogP contribution in [-0.2, 0) is 22.5 Å². The summed E-state index contributed by atoms with van der Waals surface area (Å²) in [4.78, 5) is 14.5. The number of thioether (sulfide) groups is 1. The largest absolute Gasteiger partial charge is 0.496 e. The van der Waals surface area contributed by atoms with Crippen molar-refractivity contribution in [1.82, 2.24) is 19.7 Å². The highest BCUT2D eigenvalue weighted by Crippen LogP contribution is 2.31. The van der Waals surface area contributed by atoms with Gasteiger partial charge in [0.2, 0.25) is 5.91 Å². The average Bonchev–Trinajstić information content (AvgIpc) is 3.24. The van der Waals surface area contributed by atoms with Crippen molar-refractivity contribution in [1.29, 1.82) is 0 Å². The number of morpholine rings is 1. The summed E-state index contributed by atoms with van der Waals surface area (Å²) in [5.74, 6) is 1.92. The SMILES string of the molecule is COc1ccccc1-c1nnc(SCC(=O)N2CCOCC2)n1CCc1ccccc1. The molecule has 4 rings (SSSR count). The van der Waals surface area contributed by atoms with Gasteiger partial charge in [0.15, 0.2) is 11.0 Å². The van der Waals surface area contributed by atoms with E-state index in [9.17, 15) is 4.79 Å². The maximum atomic E-state index is 12.6. The molecule has 0 radical (unpaired) electrons. The standard InChI is InChI=1S/C23H26N4O3S/c1-29-20-10-6-5-9-19(20)22-24-25-23(27(22)12-11-18-7-3-2-4-8-18)31-17-21(28)26-13-15-30-16-14-26/h2-10H,11-17H2,1H3. The van der Waals surface area contributed by atoms with Crippen LogP contribution >= 0.6 is 11.8 Å². The lowest BCUT2D eigenvalue weighted by atomic mass is 10.1. The van der Waals surface area contributed by atoms with Crippen LogP contribution in [0.3, 0.4) is 0 Å². The van der Waals surface area contributed by atoms with Crippen molar-refractivity contribution in [2.45, 2.75) is 18.1 Å². The van der Waals surface area contributed by atoms with Gasteiger partial charge in [-0.15, -0.1) is 10.2 Å². The molecule has 0 bridgehead atoms. The maximum Gasteiger partial charge on any atom is 0.233 e. The van der Waals surface area contributed by atoms with E-state index in [0.29, 0.717) is 38.6 Å². The molecule has 0 N–H and O–H groups in total. The minimum Gasteiger partial charge on any atom is -0.496 e. The van der Waals surface area contributed by atoms with E-state index in [1.165, 1.54) is 17.3 Å². The van der Waals surface area contributed by atoms with Gasteiger partial charge in [0.1, 0.15) is 5.75 Å². The molecular weight excluding hydrogens is 412 g/mol. The van der Waals surface area contributed by atoms with Crippen LogP contribution in [0.4, 0.5) is 0 Å². The van der Waals surface area contributed by atoms with E-state index in [0.717, 1.165) is 28.7 Å². The zero-order valence-electron chi connectivity index (χ0n) is 17.6. The molecule has 162 valence electrons. The summed E-state index contributed by atoms with van der Waals surface area (Å²) in [6.07, 6.45) is 0.839. The summed E-state index contributed by atoms with van der Waals surface area (Å²) in [7, 11) is 1.65. The van der Waals surface area contributed by atoms with E-state index in [4.69, 9.17) is 9.47 Å². The van der Waals surface area contributed by atoms with Crippen LogP contribution in [0.25, 0.3) is 11.4 Å². The molecule has 1 aliphatic rings. The van der Waals surface area contributed by atoms with Crippen LogP contribution in [0, 0.1) is 0 Å². The first-order valence-electron chi connectivity index (χ1n) is 10.3. The van der Waals surface area contributed by atoms with E-state index in [-0.39, 0.29) is 5.91 Å². The van der Waals surface area contributed by atoms with Crippen LogP contribution < -0.4 is 4.74 Å². The van der Waals surface area contributed by atoms with Gasteiger partial charge < -0.3 is 18.9 Å². The summed E-state index contributed by atoms with van der Waals surface area (Å²) in [5.41, 5.74) is 2.12. The number of carbonyl (C=O) groups is 1. The minimum absolute atomic E-state index is 0.102. The number of nitrogens with zero attached hydrogens (tertiary/aromatic N) is 4. The van der Waals surface area contributed by atoms with E-state index >= 15 is 0 Å². The van der Waals surface area contributed by atoms with Crippen LogP contribution in [0.2, 0.25) is 0 Å². The van der Waals surface area contributed by atoms with Crippen molar-refractivity contribution in [3.8, 4) is 17.1 Å². The van der Waals surface area contributed by atoms with E-state index in [1.807, 2.05) is 47.4 Å². The van der Waals surface area contributed by atoms with Crippen LogP contribution in [0.1, 0.15) is 5.56 Å². The van der Waals surface area contributed by atoms with Gasteiger partial charge in [-0.3, -0.25) is 4.79 Å². The maximum absolute atomic E-state index is 12.6. The summed E-state index contributed by atoms with van der Waals surface area (Å²) in [6.45, 7) is 3.20. The molecule has 1 aromatic heterocycles. The highest BCUT2D eigenvalue weighted by atomic mass is 32.2. The van der Waals surface area contributed by atoms with E-state index < -0.39 is 0 Å². The van der Waals surface area contributed by atoms with Crippen molar-refractivity contribution in [3.63, 3.8) is 0 Å². The van der Waals surface area contributed by atoms with Gasteiger partial charge in [-0.1, -0.05) is 54.2 Å². The Morgan fingerprint density at radius 3 is 2.58 bits per heavy atom. The van der Waals surface area contributed by atoms with E-state index in [2.05, 4.69) is 26.9 Å². The number of amides is 1. The smallest absolute Gasteiger partial charge is 0.233 e. The molecule has 0 atom stereocenters. The Morgan fingerprint density at radius 2 is 1.81 bits per heavy atom. The van der Waals surface area contributed by atoms with Crippen molar-refractivity contribution in [3.05, 3.63) is 60.2 Å². The molecule has 1 fully saturated rings. The number of para-hydroxylation sites is 1. The lowest BCUT2D eigenvalue weighted by Crippen LogP contribution is -2.41. The van der Waals surface area contributed by atoms with Gasteiger partial charge in [-0.2, -0.15) is 0 Å². The van der Waals surface area contributed by atoms with Gasteiger partial charge in [-0.05, 0) is 24.1 Å². The Balaban J connectivity index is 1.56. The number of aromatic nitrogens is 3. The number of methoxy groups -OCH3 is 1. The summed E-state index contributed by atoms with van der Waals surface area (Å²) in [5, 5.41) is 9.62. The lowest BCUT2D eigenvalue weighted by Gasteiger charge is -2.26. The quantitative estimate of drug-likeness (QED) is 0.503. The molecule has 0 unspecified atom stereocenters. The minimum atomic E-state index is 0.102. The van der Waals surface area contributed by atoms with Gasteiger partial charge in [0, 0.05) is 19.6 Å². The Labute approximate surface area is 186 Å². The van der Waals surface area contributed by atoms with Crippen LogP contribution in [0.5, 0.6) is 5.75 Å². The monoisotopic (exact) mass is 438 g/mol. The zero-order chi connectivity index (χ0) is 21.5. The second-order valence-electron chi connectivity index (χ2n) is 7.18. The Bertz CT molecular complexity index is 1000. The average molecular weight is 439 g/mol. The molecule has 31 heavy (non-hydrogen) atoms. The molecule has 1 aliphatic heterocycles. The van der Waals surface area contributed by atoms with Crippen LogP contribution in [0.15, 0.2) is 59.8 Å². The van der Waals surface area contributed by atoms with Gasteiger partial charge >= 0.3 is 0 Å². The van der Waals surface area contributed by atoms with Gasteiger partial charge in [-0.25, -0.2) is 0 Å². The van der Waals surface area contributed by atoms with Gasteiger partial charge in [0.25, 0.3) is 0 Å². The molecule has 7 nitrogen and oxygen atoms in total. The molecule has 3 aromatic rings. The van der Waals surface area contributed by atoms with Crippen molar-refractivity contribution in [2.24, 2.45) is 0 Å². The molecule has 1 amide bonds. The second kappa shape index (κ2) is 10.5. The van der Waals surface area contributed by atoms with Crippen molar-refractivity contribution < 1.29 is 14.3 Å². The molecule has 2 aromatic carbocycles. The third-order valence-electron chi connectivity index (χ3n) is 5.22. The zero-order valence-corrected chi connectivity index (χ0v) is 18.4. The third kappa shape index (κ3) is 5.26. The normalized spacial score (nSPS) is 13.9. The first kappa shape index (κ1) is 21.4. The fourth-order valence-electron chi connectivity index (χ4n) is 3.54. The second-order valence-corrected chi connectivity index (χ2v) is 8.12. The fourth-order valence-corrected chi connectivity index (χ4v) is 4.41. The first-order valence-corrected chi connectivity index (χ1v) is 11.3. The number of rotatable bonds is 8. The summed E-state index contributed by atoms with van der Waals surface area (Å²) >= 11 is 1.43. The number of ether oxygens (including phenoxy) is 2. The third-order valence-corrected chi connectivity index (χ3v) is 6.17. The summed E-state index contributed by atoms with van der Waals surface area (Å²) in [6, 6.07) is 18.1. The highest BCUT2D eigenvalue weighted by molar-refractivity contribution is 7.99. The number of benzene rings is 2. The Morgan fingerprint density at radius 1 is 1.06 bits per heavy atom. The molecule has 0 aliphatic carbocycles. The van der Waals surface area contributed by atoms with Crippen molar-refractivity contribution >= 4 is 17.7 Å². The molecule has 0 spiro atoms. The van der Waals surface area contributed by atoms with Crippen LogP contribution in [-0.4, -0.2) is 64.7 Å². The Hall–Kier alpha value is -2.84. The molecule has 8 heteroatoms. The van der Waals surface area contributed by atoms with Crippen molar-refractivity contribution in [2.75, 3.05) is 39.2 Å². The number of hydrogen-bond donors (Lipinski definition) is 0. The number of aryl methyl sites for hydroxylation is 1. The predicted octanol–water partition coefficient (Wildman–Crippen LogP) is 3.15. The topological polar surface area (TPSA) is 69.5 Å². The number of hydrogen-bond acceptors (Lipinski definition) is 6. The highest BCUT2D eigenvalue weighted by Gasteiger charge is 2.21. The lowest BCUT2D eigenvalue weighted by molar-refractivity contribution is -0.132. The number of carbonyl (C=O) groups excluding carboxylic acids is 1. The van der Waals surface area contributed by atoms with E-state index in [1.54, 1.807) is 7.11 Å². The molecular formula is C23H26N4O3S. The molecule has 1 saturated heterocycles. The van der Waals surface area contributed by atoms with Gasteiger partial charge in [0.05, 0.1) is 31.6 Å². The first-order chi connectivity index (χ1) is 15.3.